The molecule has 3 atom stereocenters. The van der Waals surface area contributed by atoms with Gasteiger partial charge in [0.1, 0.15) is 6.04 Å². The third-order valence-corrected chi connectivity index (χ3v) is 4.92. The van der Waals surface area contributed by atoms with E-state index in [-0.39, 0.29) is 12.0 Å². The van der Waals surface area contributed by atoms with Gasteiger partial charge in [-0.3, -0.25) is 19.5 Å². The maximum absolute atomic E-state index is 12.0. The van der Waals surface area contributed by atoms with Crippen molar-refractivity contribution in [3.8, 4) is 5.75 Å². The van der Waals surface area contributed by atoms with E-state index >= 15 is 0 Å². The number of hydrogen-bond donors (Lipinski definition) is 5. The molecule has 0 fully saturated rings. The Kier molecular flexibility index (Phi) is 5.61. The number of nitro benzene ring substituents is 1. The molecule has 11 heteroatoms. The Bertz CT molecular complexity index is 635. The highest BCUT2D eigenvalue weighted by Crippen LogP contribution is 2.55. The second-order valence-electron chi connectivity index (χ2n) is 4.59. The molecule has 1 aromatic carbocycles. The van der Waals surface area contributed by atoms with E-state index in [9.17, 15) is 34.6 Å². The third-order valence-electron chi connectivity index (χ3n) is 2.95. The molecular formula is C11H15N2O8P. The van der Waals surface area contributed by atoms with Crippen molar-refractivity contribution >= 4 is 19.0 Å². The highest BCUT2D eigenvalue weighted by molar-refractivity contribution is 7.58. The van der Waals surface area contributed by atoms with Gasteiger partial charge in [0.2, 0.25) is 7.37 Å². The molecule has 6 N–H and O–H groups in total. The summed E-state index contributed by atoms with van der Waals surface area (Å²) in [5.74, 6) is -3.95. The first kappa shape index (κ1) is 18.1. The molecule has 1 rings (SSSR count). The van der Waals surface area contributed by atoms with E-state index in [4.69, 9.17) is 10.8 Å². The number of carbonyl (C=O) groups is 1. The number of hydrogen-bond acceptors (Lipinski definition) is 7. The lowest BCUT2D eigenvalue weighted by molar-refractivity contribution is -0.386. The van der Waals surface area contributed by atoms with E-state index in [0.717, 1.165) is 18.2 Å². The van der Waals surface area contributed by atoms with Gasteiger partial charge in [0, 0.05) is 12.2 Å². The highest BCUT2D eigenvalue weighted by Gasteiger charge is 2.33. The second-order valence-corrected chi connectivity index (χ2v) is 7.04. The monoisotopic (exact) mass is 334 g/mol. The van der Waals surface area contributed by atoms with Gasteiger partial charge >= 0.3 is 11.7 Å². The summed E-state index contributed by atoms with van der Waals surface area (Å²) in [5.41, 5.74) is 4.25. The molecule has 0 aliphatic rings. The van der Waals surface area contributed by atoms with Gasteiger partial charge in [0.05, 0.1) is 4.92 Å². The Morgan fingerprint density at radius 2 is 2.05 bits per heavy atom. The largest absolute Gasteiger partial charge is 0.502 e. The van der Waals surface area contributed by atoms with Gasteiger partial charge in [-0.05, 0) is 18.1 Å². The molecule has 1 unspecified atom stereocenters. The molecule has 0 heterocycles. The molecule has 122 valence electrons. The molecule has 0 bridgehead atoms. The van der Waals surface area contributed by atoms with Crippen molar-refractivity contribution in [1.29, 1.82) is 0 Å². The normalized spacial score (nSPS) is 16.5. The zero-order chi connectivity index (χ0) is 17.1. The molecular weight excluding hydrogens is 319 g/mol. The smallest absolute Gasteiger partial charge is 0.320 e. The Morgan fingerprint density at radius 1 is 1.45 bits per heavy atom. The summed E-state index contributed by atoms with van der Waals surface area (Å²) >= 11 is 0. The Hall–Kier alpha value is -2.00. The number of aliphatic hydroxyl groups excluding tert-OH is 1. The van der Waals surface area contributed by atoms with Crippen LogP contribution in [0.4, 0.5) is 5.69 Å². The van der Waals surface area contributed by atoms with Crippen molar-refractivity contribution in [2.24, 2.45) is 5.73 Å². The molecule has 22 heavy (non-hydrogen) atoms. The fourth-order valence-electron chi connectivity index (χ4n) is 1.65. The highest BCUT2D eigenvalue weighted by atomic mass is 31.2. The number of nitro groups is 1. The first-order chi connectivity index (χ1) is 10.1. The molecule has 0 aromatic heterocycles. The Morgan fingerprint density at radius 3 is 2.55 bits per heavy atom. The number of aliphatic carboxylic acids is 1. The maximum Gasteiger partial charge on any atom is 0.320 e. The van der Waals surface area contributed by atoms with Gasteiger partial charge in [0.25, 0.3) is 0 Å². The van der Waals surface area contributed by atoms with Gasteiger partial charge in [-0.2, -0.15) is 0 Å². The van der Waals surface area contributed by atoms with E-state index in [1.54, 1.807) is 0 Å². The summed E-state index contributed by atoms with van der Waals surface area (Å²) in [6.45, 7) is 0. The number of rotatable bonds is 7. The van der Waals surface area contributed by atoms with Crippen LogP contribution in [0.1, 0.15) is 17.8 Å². The van der Waals surface area contributed by atoms with E-state index in [1.807, 2.05) is 0 Å². The van der Waals surface area contributed by atoms with Crippen LogP contribution in [0.3, 0.4) is 0 Å². The van der Waals surface area contributed by atoms with E-state index in [0.29, 0.717) is 0 Å². The molecule has 0 spiro atoms. The predicted octanol–water partition coefficient (Wildman–Crippen LogP) is 0.364. The zero-order valence-corrected chi connectivity index (χ0v) is 12.1. The first-order valence-electron chi connectivity index (χ1n) is 6.01. The van der Waals surface area contributed by atoms with E-state index in [2.05, 4.69) is 0 Å². The van der Waals surface area contributed by atoms with Crippen LogP contribution >= 0.6 is 7.37 Å². The topological polar surface area (TPSA) is 184 Å². The third kappa shape index (κ3) is 4.25. The van der Waals surface area contributed by atoms with Gasteiger partial charge in [0.15, 0.2) is 11.6 Å². The molecule has 0 saturated heterocycles. The lowest BCUT2D eigenvalue weighted by Crippen LogP contribution is -2.31. The number of aliphatic hydroxyl groups is 1. The van der Waals surface area contributed by atoms with Crippen LogP contribution in [0, 0.1) is 10.1 Å². The molecule has 0 amide bonds. The van der Waals surface area contributed by atoms with Gasteiger partial charge < -0.3 is 25.9 Å². The van der Waals surface area contributed by atoms with Crippen molar-refractivity contribution in [3.05, 3.63) is 33.9 Å². The van der Waals surface area contributed by atoms with Gasteiger partial charge in [-0.1, -0.05) is 6.07 Å². The number of phenolic OH excluding ortho intramolecular Hbond substituents is 1. The zero-order valence-electron chi connectivity index (χ0n) is 11.2. The van der Waals surface area contributed by atoms with Crippen LogP contribution in [0.5, 0.6) is 5.75 Å². The summed E-state index contributed by atoms with van der Waals surface area (Å²) in [5, 5.41) is 38.5. The Balaban J connectivity index is 2.96. The van der Waals surface area contributed by atoms with Crippen LogP contribution in [0.2, 0.25) is 0 Å². The van der Waals surface area contributed by atoms with Crippen LogP contribution in [-0.4, -0.2) is 43.3 Å². The lowest BCUT2D eigenvalue weighted by atomic mass is 10.2. The quantitative estimate of drug-likeness (QED) is 0.267. The minimum Gasteiger partial charge on any atom is -0.502 e. The summed E-state index contributed by atoms with van der Waals surface area (Å²) in [7, 11) is -4.26. The standard InChI is InChI=1S/C11H15N2O8P/c12-7(10(15)16)3-4-22(20,21)11(17)6-1-2-9(14)8(5-6)13(18)19/h1-2,5,7,11,14,17H,3-4,12H2,(H,15,16)(H,20,21)/t7-,11+/m0/s1. The minimum absolute atomic E-state index is 0.237. The average molecular weight is 334 g/mol. The molecule has 0 aliphatic heterocycles. The second kappa shape index (κ2) is 6.84. The van der Waals surface area contributed by atoms with Crippen LogP contribution in [0.15, 0.2) is 18.2 Å². The summed E-state index contributed by atoms with van der Waals surface area (Å²) in [6.07, 6.45) is -0.920. The fourth-order valence-corrected chi connectivity index (χ4v) is 3.17. The number of benzene rings is 1. The van der Waals surface area contributed by atoms with Crippen LogP contribution in [0.25, 0.3) is 0 Å². The van der Waals surface area contributed by atoms with Crippen LogP contribution < -0.4 is 5.73 Å². The van der Waals surface area contributed by atoms with Crippen molar-refractivity contribution < 1.29 is 34.5 Å². The number of carboxylic acid groups (broad SMARTS) is 1. The minimum atomic E-state index is -4.26. The van der Waals surface area contributed by atoms with Crippen molar-refractivity contribution in [1.82, 2.24) is 0 Å². The van der Waals surface area contributed by atoms with E-state index < -0.39 is 47.7 Å². The van der Waals surface area contributed by atoms with Crippen LogP contribution in [-0.2, 0) is 9.36 Å². The van der Waals surface area contributed by atoms with Crippen molar-refractivity contribution in [2.75, 3.05) is 6.16 Å². The summed E-state index contributed by atoms with van der Waals surface area (Å²) in [6, 6.07) is 1.40. The summed E-state index contributed by atoms with van der Waals surface area (Å²) in [4.78, 5) is 30.1. The number of carboxylic acids is 1. The first-order valence-corrected chi connectivity index (χ1v) is 7.93. The number of phenols is 1. The molecule has 1 aromatic rings. The number of aromatic hydroxyl groups is 1. The molecule has 10 nitrogen and oxygen atoms in total. The lowest BCUT2D eigenvalue weighted by Gasteiger charge is -2.19. The van der Waals surface area contributed by atoms with Crippen molar-refractivity contribution in [2.45, 2.75) is 18.3 Å². The molecule has 0 radical (unpaired) electrons. The molecule has 0 aliphatic carbocycles. The maximum atomic E-state index is 12.0. The van der Waals surface area contributed by atoms with Gasteiger partial charge in [-0.25, -0.2) is 0 Å². The predicted molar refractivity (Wildman–Crippen MR) is 74.6 cm³/mol. The fraction of sp³-hybridized carbons (Fsp3) is 0.364. The number of nitrogens with two attached hydrogens (primary N) is 1. The van der Waals surface area contributed by atoms with Crippen molar-refractivity contribution in [3.63, 3.8) is 0 Å². The number of nitrogens with zero attached hydrogens (tertiary/aromatic N) is 1. The Labute approximate surface area is 124 Å². The SMILES string of the molecule is N[C@@H](CCP(=O)(O)[C@@H](O)c1ccc(O)c([N+](=O)[O-])c1)C(=O)O. The molecule has 0 saturated carbocycles. The average Bonchev–Trinajstić information content (AvgIpc) is 2.44. The van der Waals surface area contributed by atoms with E-state index in [1.165, 1.54) is 0 Å². The van der Waals surface area contributed by atoms with Gasteiger partial charge in [-0.15, -0.1) is 0 Å². The summed E-state index contributed by atoms with van der Waals surface area (Å²) < 4.78 is 12.0.